The van der Waals surface area contributed by atoms with E-state index in [0.717, 1.165) is 5.76 Å². The van der Waals surface area contributed by atoms with Crippen LogP contribution < -0.4 is 5.43 Å². The highest BCUT2D eigenvalue weighted by atomic mass is 79.9. The molecule has 94 valence electrons. The second-order valence-corrected chi connectivity index (χ2v) is 4.47. The monoisotopic (exact) mass is 310 g/mol. The van der Waals surface area contributed by atoms with Gasteiger partial charge in [0.1, 0.15) is 17.2 Å². The Balaban J connectivity index is 2.03. The molecule has 18 heavy (non-hydrogen) atoms. The molecular weight excluding hydrogens is 300 g/mol. The summed E-state index contributed by atoms with van der Waals surface area (Å²) in [4.78, 5) is 11.8. The van der Waals surface area contributed by atoms with Crippen LogP contribution in [-0.2, 0) is 7.05 Å². The highest BCUT2D eigenvalue weighted by Gasteiger charge is 2.14. The van der Waals surface area contributed by atoms with Gasteiger partial charge in [-0.2, -0.15) is 10.2 Å². The molecule has 6 nitrogen and oxygen atoms in total. The lowest BCUT2D eigenvalue weighted by Crippen LogP contribution is -2.21. The number of aromatic nitrogens is 2. The van der Waals surface area contributed by atoms with Gasteiger partial charge >= 0.3 is 0 Å². The number of amides is 1. The summed E-state index contributed by atoms with van der Waals surface area (Å²) in [5.74, 6) is 1.02. The van der Waals surface area contributed by atoms with Gasteiger partial charge in [0.25, 0.3) is 5.91 Å². The SMILES string of the molecule is Cc1ccc(/C=N/NC(=O)c2c(Br)cnn2C)o1. The maximum absolute atomic E-state index is 11.8. The molecule has 0 bridgehead atoms. The van der Waals surface area contributed by atoms with E-state index in [1.807, 2.05) is 13.0 Å². The Morgan fingerprint density at radius 1 is 1.61 bits per heavy atom. The summed E-state index contributed by atoms with van der Waals surface area (Å²) in [7, 11) is 1.68. The molecule has 2 heterocycles. The lowest BCUT2D eigenvalue weighted by atomic mass is 10.4. The number of halogens is 1. The topological polar surface area (TPSA) is 72.4 Å². The minimum atomic E-state index is -0.346. The van der Waals surface area contributed by atoms with E-state index in [1.54, 1.807) is 19.3 Å². The van der Waals surface area contributed by atoms with Crippen molar-refractivity contribution in [3.05, 3.63) is 40.0 Å². The van der Waals surface area contributed by atoms with Gasteiger partial charge in [0.2, 0.25) is 0 Å². The third-order valence-electron chi connectivity index (χ3n) is 2.23. The first-order valence-corrected chi connectivity index (χ1v) is 5.94. The summed E-state index contributed by atoms with van der Waals surface area (Å²) in [6.07, 6.45) is 2.99. The van der Waals surface area contributed by atoms with Gasteiger partial charge in [-0.25, -0.2) is 5.43 Å². The number of aryl methyl sites for hydroxylation is 2. The third-order valence-corrected chi connectivity index (χ3v) is 2.81. The fourth-order valence-electron chi connectivity index (χ4n) is 1.40. The lowest BCUT2D eigenvalue weighted by Gasteiger charge is -2.00. The molecule has 0 spiro atoms. The van der Waals surface area contributed by atoms with Crippen molar-refractivity contribution < 1.29 is 9.21 Å². The van der Waals surface area contributed by atoms with Crippen LogP contribution in [0.25, 0.3) is 0 Å². The molecule has 1 amide bonds. The zero-order valence-electron chi connectivity index (χ0n) is 9.85. The van der Waals surface area contributed by atoms with Gasteiger partial charge in [0.15, 0.2) is 0 Å². The van der Waals surface area contributed by atoms with E-state index < -0.39 is 0 Å². The maximum Gasteiger partial charge on any atom is 0.290 e. The van der Waals surface area contributed by atoms with E-state index in [2.05, 4.69) is 31.6 Å². The number of hydrazone groups is 1. The minimum Gasteiger partial charge on any atom is -0.460 e. The molecule has 0 aliphatic rings. The van der Waals surface area contributed by atoms with E-state index in [9.17, 15) is 4.79 Å². The quantitative estimate of drug-likeness (QED) is 0.694. The van der Waals surface area contributed by atoms with Crippen LogP contribution in [0.3, 0.4) is 0 Å². The Morgan fingerprint density at radius 2 is 2.39 bits per heavy atom. The molecule has 1 N–H and O–H groups in total. The van der Waals surface area contributed by atoms with Gasteiger partial charge in [-0.05, 0) is 35.0 Å². The Hall–Kier alpha value is -1.89. The first kappa shape index (κ1) is 12.6. The molecule has 0 fully saturated rings. The predicted molar refractivity (Wildman–Crippen MR) is 69.4 cm³/mol. The minimum absolute atomic E-state index is 0.346. The van der Waals surface area contributed by atoms with Crippen molar-refractivity contribution in [2.45, 2.75) is 6.92 Å². The summed E-state index contributed by atoms with van der Waals surface area (Å²) in [6.45, 7) is 1.84. The summed E-state index contributed by atoms with van der Waals surface area (Å²) in [5, 5.41) is 7.76. The van der Waals surface area contributed by atoms with Crippen LogP contribution in [0.15, 0.2) is 32.3 Å². The van der Waals surface area contributed by atoms with E-state index in [1.165, 1.54) is 10.9 Å². The molecule has 2 rings (SSSR count). The summed E-state index contributed by atoms with van der Waals surface area (Å²) in [5.41, 5.74) is 2.81. The van der Waals surface area contributed by atoms with Crippen LogP contribution in [-0.4, -0.2) is 21.9 Å². The van der Waals surface area contributed by atoms with Crippen LogP contribution in [0.1, 0.15) is 22.0 Å². The van der Waals surface area contributed by atoms with Crippen LogP contribution in [0.4, 0.5) is 0 Å². The van der Waals surface area contributed by atoms with Crippen LogP contribution in [0.5, 0.6) is 0 Å². The summed E-state index contributed by atoms with van der Waals surface area (Å²) >= 11 is 3.24. The fourth-order valence-corrected chi connectivity index (χ4v) is 1.92. The van der Waals surface area contributed by atoms with Crippen molar-refractivity contribution in [2.24, 2.45) is 12.1 Å². The van der Waals surface area contributed by atoms with Crippen molar-refractivity contribution in [3.63, 3.8) is 0 Å². The Labute approximate surface area is 112 Å². The highest BCUT2D eigenvalue weighted by molar-refractivity contribution is 9.10. The van der Waals surface area contributed by atoms with Crippen LogP contribution >= 0.6 is 15.9 Å². The second kappa shape index (κ2) is 5.18. The molecule has 0 unspecified atom stereocenters. The molecule has 0 atom stereocenters. The Kier molecular flexibility index (Phi) is 3.61. The van der Waals surface area contributed by atoms with Crippen molar-refractivity contribution in [2.75, 3.05) is 0 Å². The number of hydrogen-bond donors (Lipinski definition) is 1. The van der Waals surface area contributed by atoms with Gasteiger partial charge < -0.3 is 4.42 Å². The first-order chi connectivity index (χ1) is 8.58. The number of rotatable bonds is 3. The van der Waals surface area contributed by atoms with Crippen molar-refractivity contribution >= 4 is 28.1 Å². The zero-order chi connectivity index (χ0) is 13.1. The number of furan rings is 1. The molecule has 0 saturated heterocycles. The summed E-state index contributed by atoms with van der Waals surface area (Å²) < 4.78 is 7.36. The van der Waals surface area contributed by atoms with Gasteiger partial charge in [-0.3, -0.25) is 9.48 Å². The van der Waals surface area contributed by atoms with E-state index >= 15 is 0 Å². The molecule has 7 heteroatoms. The number of hydrogen-bond acceptors (Lipinski definition) is 4. The van der Waals surface area contributed by atoms with Gasteiger partial charge in [0, 0.05) is 7.05 Å². The standard InChI is InChI=1S/C11H11BrN4O2/c1-7-3-4-8(18-7)5-13-15-11(17)10-9(12)6-14-16(10)2/h3-6H,1-2H3,(H,15,17)/b13-5+. The molecule has 0 aliphatic heterocycles. The summed E-state index contributed by atoms with van der Waals surface area (Å²) in [6, 6.07) is 3.59. The number of carbonyl (C=O) groups is 1. The molecule has 2 aromatic heterocycles. The van der Waals surface area contributed by atoms with Crippen molar-refractivity contribution in [1.82, 2.24) is 15.2 Å². The van der Waals surface area contributed by atoms with Crippen molar-refractivity contribution in [1.29, 1.82) is 0 Å². The zero-order valence-corrected chi connectivity index (χ0v) is 11.4. The largest absolute Gasteiger partial charge is 0.460 e. The Morgan fingerprint density at radius 3 is 2.94 bits per heavy atom. The molecule has 0 aliphatic carbocycles. The van der Waals surface area contributed by atoms with E-state index in [0.29, 0.717) is 15.9 Å². The maximum atomic E-state index is 11.8. The third kappa shape index (κ3) is 2.67. The average Bonchev–Trinajstić information content (AvgIpc) is 2.86. The average molecular weight is 311 g/mol. The molecular formula is C11H11BrN4O2. The van der Waals surface area contributed by atoms with E-state index in [4.69, 9.17) is 4.42 Å². The van der Waals surface area contributed by atoms with Crippen LogP contribution in [0, 0.1) is 6.92 Å². The number of carbonyl (C=O) groups excluding carboxylic acids is 1. The number of nitrogens with one attached hydrogen (secondary N) is 1. The smallest absolute Gasteiger partial charge is 0.290 e. The van der Waals surface area contributed by atoms with E-state index in [-0.39, 0.29) is 5.91 Å². The second-order valence-electron chi connectivity index (χ2n) is 3.61. The lowest BCUT2D eigenvalue weighted by molar-refractivity contribution is 0.0945. The normalized spacial score (nSPS) is 11.1. The number of nitrogens with zero attached hydrogens (tertiary/aromatic N) is 3. The Bertz CT molecular complexity index is 580. The predicted octanol–water partition coefficient (Wildman–Crippen LogP) is 1.85. The highest BCUT2D eigenvalue weighted by Crippen LogP contribution is 2.14. The molecule has 0 saturated carbocycles. The fraction of sp³-hybridized carbons (Fsp3) is 0.182. The van der Waals surface area contributed by atoms with Crippen LogP contribution in [0.2, 0.25) is 0 Å². The first-order valence-electron chi connectivity index (χ1n) is 5.15. The van der Waals surface area contributed by atoms with Gasteiger partial charge in [0.05, 0.1) is 16.9 Å². The van der Waals surface area contributed by atoms with Gasteiger partial charge in [-0.15, -0.1) is 0 Å². The molecule has 0 radical (unpaired) electrons. The van der Waals surface area contributed by atoms with Crippen molar-refractivity contribution in [3.8, 4) is 0 Å². The molecule has 2 aromatic rings. The van der Waals surface area contributed by atoms with Gasteiger partial charge in [-0.1, -0.05) is 0 Å². The molecule has 0 aromatic carbocycles.